The largest absolute Gasteiger partial charge is 0.507 e. The fourth-order valence-corrected chi connectivity index (χ4v) is 1.04. The summed E-state index contributed by atoms with van der Waals surface area (Å²) >= 11 is 0. The molecule has 0 aromatic heterocycles. The zero-order chi connectivity index (χ0) is 9.14. The van der Waals surface area contributed by atoms with Crippen LogP contribution in [0.1, 0.15) is 18.5 Å². The number of methoxy groups -OCH3 is 1. The molecular weight excluding hydrogens is 190 g/mol. The Morgan fingerprint density at radius 1 is 1.46 bits per heavy atom. The van der Waals surface area contributed by atoms with Gasteiger partial charge in [-0.2, -0.15) is 0 Å². The van der Waals surface area contributed by atoms with E-state index in [1.165, 1.54) is 0 Å². The second kappa shape index (κ2) is 4.94. The Morgan fingerprint density at radius 2 is 2.08 bits per heavy atom. The average molecular weight is 204 g/mol. The summed E-state index contributed by atoms with van der Waals surface area (Å²) in [6.45, 7) is 1.82. The highest BCUT2D eigenvalue weighted by Gasteiger charge is 2.06. The number of hydrogen-bond acceptors (Lipinski definition) is 3. The van der Waals surface area contributed by atoms with Crippen molar-refractivity contribution in [2.24, 2.45) is 5.73 Å². The zero-order valence-electron chi connectivity index (χ0n) is 7.65. The quantitative estimate of drug-likeness (QED) is 0.771. The van der Waals surface area contributed by atoms with E-state index in [2.05, 4.69) is 0 Å². The monoisotopic (exact) mass is 203 g/mol. The Hall–Kier alpha value is -0.930. The van der Waals surface area contributed by atoms with Crippen LogP contribution >= 0.6 is 12.4 Å². The zero-order valence-corrected chi connectivity index (χ0v) is 8.47. The first-order valence-electron chi connectivity index (χ1n) is 3.77. The summed E-state index contributed by atoms with van der Waals surface area (Å²) in [5, 5.41) is 9.43. The molecule has 0 fully saturated rings. The summed E-state index contributed by atoms with van der Waals surface area (Å²) in [4.78, 5) is 0. The lowest BCUT2D eigenvalue weighted by atomic mass is 10.1. The van der Waals surface area contributed by atoms with E-state index in [1.54, 1.807) is 25.3 Å². The maximum absolute atomic E-state index is 9.43. The minimum atomic E-state index is -0.157. The topological polar surface area (TPSA) is 55.5 Å². The van der Waals surface area contributed by atoms with Crippen LogP contribution in [0.3, 0.4) is 0 Å². The summed E-state index contributed by atoms with van der Waals surface area (Å²) < 4.78 is 4.93. The number of halogens is 1. The van der Waals surface area contributed by atoms with Gasteiger partial charge in [0.15, 0.2) is 0 Å². The van der Waals surface area contributed by atoms with Crippen molar-refractivity contribution in [2.45, 2.75) is 13.0 Å². The first-order valence-corrected chi connectivity index (χ1v) is 3.77. The molecular formula is C9H14ClNO2. The van der Waals surface area contributed by atoms with E-state index in [1.807, 2.05) is 6.92 Å². The van der Waals surface area contributed by atoms with Gasteiger partial charge in [0, 0.05) is 17.7 Å². The second-order valence-electron chi connectivity index (χ2n) is 2.71. The van der Waals surface area contributed by atoms with Gasteiger partial charge < -0.3 is 15.6 Å². The number of aromatic hydroxyl groups is 1. The lowest BCUT2D eigenvalue weighted by Gasteiger charge is -2.09. The molecule has 1 aromatic rings. The van der Waals surface area contributed by atoms with E-state index in [0.717, 1.165) is 5.56 Å². The van der Waals surface area contributed by atoms with E-state index in [4.69, 9.17) is 10.5 Å². The van der Waals surface area contributed by atoms with Crippen molar-refractivity contribution in [1.29, 1.82) is 0 Å². The van der Waals surface area contributed by atoms with Gasteiger partial charge in [-0.3, -0.25) is 0 Å². The molecule has 1 aromatic carbocycles. The molecule has 0 aliphatic rings. The van der Waals surface area contributed by atoms with E-state index in [0.29, 0.717) is 5.75 Å². The molecule has 74 valence electrons. The molecule has 0 aliphatic carbocycles. The van der Waals surface area contributed by atoms with Crippen LogP contribution in [0, 0.1) is 0 Å². The molecule has 3 N–H and O–H groups in total. The number of hydrogen-bond donors (Lipinski definition) is 2. The number of benzene rings is 1. The number of phenols is 1. The third kappa shape index (κ3) is 2.79. The summed E-state index contributed by atoms with van der Waals surface area (Å²) in [6, 6.07) is 4.94. The van der Waals surface area contributed by atoms with Crippen LogP contribution < -0.4 is 10.5 Å². The van der Waals surface area contributed by atoms with E-state index >= 15 is 0 Å². The van der Waals surface area contributed by atoms with Crippen molar-refractivity contribution in [3.05, 3.63) is 23.8 Å². The molecule has 1 atom stereocenters. The van der Waals surface area contributed by atoms with Gasteiger partial charge in [-0.25, -0.2) is 0 Å². The van der Waals surface area contributed by atoms with Gasteiger partial charge in [0.1, 0.15) is 11.5 Å². The highest BCUT2D eigenvalue weighted by Crippen LogP contribution is 2.26. The maximum Gasteiger partial charge on any atom is 0.124 e. The van der Waals surface area contributed by atoms with Gasteiger partial charge >= 0.3 is 0 Å². The molecule has 0 aliphatic heterocycles. The van der Waals surface area contributed by atoms with Crippen molar-refractivity contribution in [3.63, 3.8) is 0 Å². The van der Waals surface area contributed by atoms with Crippen molar-refractivity contribution >= 4 is 12.4 Å². The second-order valence-corrected chi connectivity index (χ2v) is 2.71. The van der Waals surface area contributed by atoms with Crippen LogP contribution in [0.25, 0.3) is 0 Å². The van der Waals surface area contributed by atoms with Crippen LogP contribution in [0.5, 0.6) is 11.5 Å². The van der Waals surface area contributed by atoms with Gasteiger partial charge in [0.05, 0.1) is 7.11 Å². The average Bonchev–Trinajstić information content (AvgIpc) is 2.03. The SMILES string of the molecule is COc1ccc([C@@H](C)N)c(O)c1.Cl. The third-order valence-electron chi connectivity index (χ3n) is 1.73. The van der Waals surface area contributed by atoms with Crippen LogP contribution in [-0.4, -0.2) is 12.2 Å². The molecule has 13 heavy (non-hydrogen) atoms. The summed E-state index contributed by atoms with van der Waals surface area (Å²) in [5.41, 5.74) is 6.34. The molecule has 0 saturated carbocycles. The predicted octanol–water partition coefficient (Wildman–Crippen LogP) is 1.84. The number of nitrogens with two attached hydrogens (primary N) is 1. The molecule has 3 nitrogen and oxygen atoms in total. The van der Waals surface area contributed by atoms with Crippen LogP contribution in [-0.2, 0) is 0 Å². The molecule has 0 unspecified atom stereocenters. The predicted molar refractivity (Wildman–Crippen MR) is 54.5 cm³/mol. The number of ether oxygens (including phenoxy) is 1. The summed E-state index contributed by atoms with van der Waals surface area (Å²) in [7, 11) is 1.56. The van der Waals surface area contributed by atoms with Crippen molar-refractivity contribution < 1.29 is 9.84 Å². The van der Waals surface area contributed by atoms with E-state index < -0.39 is 0 Å². The Labute approximate surface area is 83.9 Å². The van der Waals surface area contributed by atoms with Gasteiger partial charge in [-0.1, -0.05) is 6.07 Å². The summed E-state index contributed by atoms with van der Waals surface area (Å²) in [5.74, 6) is 0.821. The molecule has 0 amide bonds. The van der Waals surface area contributed by atoms with Crippen molar-refractivity contribution in [2.75, 3.05) is 7.11 Å². The van der Waals surface area contributed by atoms with Crippen molar-refractivity contribution in [1.82, 2.24) is 0 Å². The third-order valence-corrected chi connectivity index (χ3v) is 1.73. The Bertz CT molecular complexity index is 276. The van der Waals surface area contributed by atoms with Crippen molar-refractivity contribution in [3.8, 4) is 11.5 Å². The Morgan fingerprint density at radius 3 is 2.46 bits per heavy atom. The number of rotatable bonds is 2. The minimum absolute atomic E-state index is 0. The molecule has 0 spiro atoms. The lowest BCUT2D eigenvalue weighted by molar-refractivity contribution is 0.405. The highest BCUT2D eigenvalue weighted by molar-refractivity contribution is 5.85. The van der Waals surface area contributed by atoms with E-state index in [9.17, 15) is 5.11 Å². The molecule has 1 rings (SSSR count). The standard InChI is InChI=1S/C9H13NO2.ClH/c1-6(10)8-4-3-7(12-2)5-9(8)11;/h3-6,11H,10H2,1-2H3;1H/t6-;/m1./s1. The van der Waals surface area contributed by atoms with E-state index in [-0.39, 0.29) is 24.2 Å². The Balaban J connectivity index is 0.00000144. The highest BCUT2D eigenvalue weighted by atomic mass is 35.5. The van der Waals surface area contributed by atoms with Gasteiger partial charge in [-0.15, -0.1) is 12.4 Å². The Kier molecular flexibility index (Phi) is 4.59. The smallest absolute Gasteiger partial charge is 0.124 e. The first kappa shape index (κ1) is 12.1. The molecule has 0 radical (unpaired) electrons. The fraction of sp³-hybridized carbons (Fsp3) is 0.333. The van der Waals surface area contributed by atoms with Crippen LogP contribution in [0.4, 0.5) is 0 Å². The van der Waals surface area contributed by atoms with Gasteiger partial charge in [-0.05, 0) is 13.0 Å². The summed E-state index contributed by atoms with van der Waals surface area (Å²) in [6.07, 6.45) is 0. The normalized spacial score (nSPS) is 11.6. The lowest BCUT2D eigenvalue weighted by Crippen LogP contribution is -2.04. The van der Waals surface area contributed by atoms with Crippen LogP contribution in [0.15, 0.2) is 18.2 Å². The first-order chi connectivity index (χ1) is 5.65. The maximum atomic E-state index is 9.43. The van der Waals surface area contributed by atoms with Gasteiger partial charge in [0.2, 0.25) is 0 Å². The minimum Gasteiger partial charge on any atom is -0.507 e. The molecule has 4 heteroatoms. The fourth-order valence-electron chi connectivity index (χ4n) is 1.04. The molecule has 0 heterocycles. The van der Waals surface area contributed by atoms with Crippen LogP contribution in [0.2, 0.25) is 0 Å². The molecule has 0 bridgehead atoms. The molecule has 0 saturated heterocycles. The number of phenolic OH excluding ortho intramolecular Hbond substituents is 1. The van der Waals surface area contributed by atoms with Gasteiger partial charge in [0.25, 0.3) is 0 Å².